The van der Waals surface area contributed by atoms with Gasteiger partial charge in [0.2, 0.25) is 0 Å². The van der Waals surface area contributed by atoms with Gasteiger partial charge in [0.15, 0.2) is 0 Å². The Labute approximate surface area is 80.7 Å². The van der Waals surface area contributed by atoms with Gasteiger partial charge < -0.3 is 25.1 Å². The van der Waals surface area contributed by atoms with Crippen molar-refractivity contribution in [3.05, 3.63) is 22.9 Å². The Bertz CT molecular complexity index is 354. The average Bonchev–Trinajstić information content (AvgIpc) is 2.02. The van der Waals surface area contributed by atoms with Gasteiger partial charge in [0.05, 0.1) is 18.0 Å². The maximum atomic E-state index is 10.7. The molecular weight excluding hydrogens is 186 g/mol. The third-order valence-electron chi connectivity index (χ3n) is 2.16. The van der Waals surface area contributed by atoms with Crippen LogP contribution >= 0.6 is 0 Å². The molecular formula is C9H9NO4-2. The molecule has 5 nitrogen and oxygen atoms in total. The second-order valence-corrected chi connectivity index (χ2v) is 3.06. The first-order chi connectivity index (χ1) is 6.45. The van der Waals surface area contributed by atoms with Gasteiger partial charge in [-0.15, -0.1) is 0 Å². The number of carbonyl (C=O) groups is 2. The van der Waals surface area contributed by atoms with E-state index in [1.54, 1.807) is 6.92 Å². The molecule has 0 aromatic carbocycles. The minimum Gasteiger partial charge on any atom is -0.545 e. The number of dihydropyridines is 1. The van der Waals surface area contributed by atoms with Crippen molar-refractivity contribution in [2.24, 2.45) is 0 Å². The third kappa shape index (κ3) is 1.61. The molecule has 0 aliphatic carbocycles. The van der Waals surface area contributed by atoms with Crippen molar-refractivity contribution in [2.75, 3.05) is 0 Å². The fourth-order valence-electron chi connectivity index (χ4n) is 1.41. The van der Waals surface area contributed by atoms with Gasteiger partial charge in [0, 0.05) is 17.3 Å². The predicted molar refractivity (Wildman–Crippen MR) is 43.4 cm³/mol. The number of carboxylic acids is 2. The molecule has 1 aliphatic heterocycles. The number of rotatable bonds is 2. The second-order valence-electron chi connectivity index (χ2n) is 3.06. The van der Waals surface area contributed by atoms with Crippen LogP contribution in [0, 0.1) is 0 Å². The molecule has 76 valence electrons. The molecule has 0 amide bonds. The van der Waals surface area contributed by atoms with Crippen LogP contribution in [-0.4, -0.2) is 18.0 Å². The van der Waals surface area contributed by atoms with Gasteiger partial charge in [-0.05, 0) is 19.4 Å². The van der Waals surface area contributed by atoms with Crippen LogP contribution in [0.2, 0.25) is 0 Å². The van der Waals surface area contributed by atoms with E-state index in [9.17, 15) is 19.8 Å². The van der Waals surface area contributed by atoms with Gasteiger partial charge in [-0.2, -0.15) is 0 Å². The number of hydrogen-bond donors (Lipinski definition) is 1. The molecule has 5 heteroatoms. The summed E-state index contributed by atoms with van der Waals surface area (Å²) in [6, 6.07) is -0.455. The minimum absolute atomic E-state index is 0.0494. The summed E-state index contributed by atoms with van der Waals surface area (Å²) >= 11 is 0. The molecule has 1 N–H and O–H groups in total. The lowest BCUT2D eigenvalue weighted by molar-refractivity contribution is -0.299. The standard InChI is InChI=1S/C9H11NO4/c1-4-6(8(11)12)3-10-5(2)7(4)9(13)14/h3,5,10H,1-2H3,(H,11,12)(H,13,14)/p-2. The van der Waals surface area contributed by atoms with E-state index in [-0.39, 0.29) is 16.7 Å². The summed E-state index contributed by atoms with van der Waals surface area (Å²) in [5.74, 6) is -2.77. The SMILES string of the molecule is CC1=C(C(=O)[O-])C(C)NC=C1C(=O)[O-]. The molecule has 0 radical (unpaired) electrons. The first-order valence-corrected chi connectivity index (χ1v) is 4.05. The molecule has 0 aromatic rings. The molecule has 14 heavy (non-hydrogen) atoms. The van der Waals surface area contributed by atoms with Gasteiger partial charge in [-0.1, -0.05) is 0 Å². The Morgan fingerprint density at radius 2 is 1.93 bits per heavy atom. The summed E-state index contributed by atoms with van der Waals surface area (Å²) in [5.41, 5.74) is -0.0229. The van der Waals surface area contributed by atoms with Crippen LogP contribution in [0.4, 0.5) is 0 Å². The maximum absolute atomic E-state index is 10.7. The molecule has 0 spiro atoms. The van der Waals surface area contributed by atoms with Crippen molar-refractivity contribution in [3.8, 4) is 0 Å². The van der Waals surface area contributed by atoms with Gasteiger partial charge >= 0.3 is 0 Å². The highest BCUT2D eigenvalue weighted by Gasteiger charge is 2.19. The molecule has 0 bridgehead atoms. The second kappa shape index (κ2) is 3.53. The number of hydrogen-bond acceptors (Lipinski definition) is 5. The first kappa shape index (κ1) is 10.3. The van der Waals surface area contributed by atoms with E-state index in [0.717, 1.165) is 0 Å². The van der Waals surface area contributed by atoms with E-state index >= 15 is 0 Å². The van der Waals surface area contributed by atoms with Gasteiger partial charge in [-0.25, -0.2) is 0 Å². The zero-order chi connectivity index (χ0) is 10.9. The van der Waals surface area contributed by atoms with Crippen molar-refractivity contribution >= 4 is 11.9 Å². The maximum Gasteiger partial charge on any atom is 0.0732 e. The lowest BCUT2D eigenvalue weighted by Crippen LogP contribution is -2.41. The smallest absolute Gasteiger partial charge is 0.0732 e. The Hall–Kier alpha value is -1.78. The Morgan fingerprint density at radius 1 is 1.36 bits per heavy atom. The fourth-order valence-corrected chi connectivity index (χ4v) is 1.41. The van der Waals surface area contributed by atoms with E-state index in [0.29, 0.717) is 0 Å². The van der Waals surface area contributed by atoms with E-state index in [4.69, 9.17) is 0 Å². The van der Waals surface area contributed by atoms with Crippen LogP contribution in [0.3, 0.4) is 0 Å². The summed E-state index contributed by atoms with van der Waals surface area (Å²) in [6.45, 7) is 3.03. The number of carbonyl (C=O) groups excluding carboxylic acids is 2. The third-order valence-corrected chi connectivity index (χ3v) is 2.16. The van der Waals surface area contributed by atoms with Gasteiger partial charge in [0.25, 0.3) is 0 Å². The molecule has 1 heterocycles. The Morgan fingerprint density at radius 3 is 2.36 bits per heavy atom. The summed E-state index contributed by atoms with van der Waals surface area (Å²) in [5, 5.41) is 23.9. The topological polar surface area (TPSA) is 92.3 Å². The largest absolute Gasteiger partial charge is 0.545 e. The van der Waals surface area contributed by atoms with Crippen LogP contribution in [0.1, 0.15) is 13.8 Å². The van der Waals surface area contributed by atoms with Crippen LogP contribution in [-0.2, 0) is 9.59 Å². The lowest BCUT2D eigenvalue weighted by Gasteiger charge is -2.27. The number of nitrogens with one attached hydrogen (secondary N) is 1. The Balaban J connectivity index is 3.20. The fraction of sp³-hybridized carbons (Fsp3) is 0.333. The predicted octanol–water partition coefficient (Wildman–Crippen LogP) is -2.32. The zero-order valence-corrected chi connectivity index (χ0v) is 7.79. The first-order valence-electron chi connectivity index (χ1n) is 4.05. The van der Waals surface area contributed by atoms with E-state index in [2.05, 4.69) is 5.32 Å². The molecule has 1 unspecified atom stereocenters. The van der Waals surface area contributed by atoms with E-state index < -0.39 is 18.0 Å². The van der Waals surface area contributed by atoms with Crippen LogP contribution < -0.4 is 15.5 Å². The summed E-state index contributed by atoms with van der Waals surface area (Å²) in [4.78, 5) is 21.3. The number of aliphatic carboxylic acids is 2. The highest BCUT2D eigenvalue weighted by Crippen LogP contribution is 2.20. The van der Waals surface area contributed by atoms with Crippen molar-refractivity contribution < 1.29 is 19.8 Å². The normalized spacial score (nSPS) is 21.3. The van der Waals surface area contributed by atoms with Crippen molar-refractivity contribution in [1.29, 1.82) is 0 Å². The van der Waals surface area contributed by atoms with Crippen molar-refractivity contribution in [1.82, 2.24) is 5.32 Å². The van der Waals surface area contributed by atoms with Gasteiger partial charge in [0.1, 0.15) is 0 Å². The van der Waals surface area contributed by atoms with Gasteiger partial charge in [-0.3, -0.25) is 0 Å². The molecule has 1 atom stereocenters. The summed E-state index contributed by atoms with van der Waals surface area (Å²) in [7, 11) is 0. The van der Waals surface area contributed by atoms with E-state index in [1.807, 2.05) is 0 Å². The molecule has 1 aliphatic rings. The summed E-state index contributed by atoms with van der Waals surface area (Å²) < 4.78 is 0. The molecule has 0 saturated carbocycles. The number of carboxylic acid groups (broad SMARTS) is 2. The quantitative estimate of drug-likeness (QED) is 0.534. The molecule has 0 fully saturated rings. The van der Waals surface area contributed by atoms with Crippen molar-refractivity contribution in [2.45, 2.75) is 19.9 Å². The molecule has 0 aromatic heterocycles. The minimum atomic E-state index is -1.40. The van der Waals surface area contributed by atoms with Crippen molar-refractivity contribution in [3.63, 3.8) is 0 Å². The Kier molecular flexibility index (Phi) is 2.60. The highest BCUT2D eigenvalue weighted by atomic mass is 16.4. The van der Waals surface area contributed by atoms with Crippen LogP contribution in [0.25, 0.3) is 0 Å². The zero-order valence-electron chi connectivity index (χ0n) is 7.79. The lowest BCUT2D eigenvalue weighted by atomic mass is 9.94. The van der Waals surface area contributed by atoms with Crippen LogP contribution in [0.5, 0.6) is 0 Å². The average molecular weight is 195 g/mol. The summed E-state index contributed by atoms with van der Waals surface area (Å²) in [6.07, 6.45) is 1.24. The highest BCUT2D eigenvalue weighted by molar-refractivity contribution is 5.96. The monoisotopic (exact) mass is 195 g/mol. The molecule has 1 rings (SSSR count). The van der Waals surface area contributed by atoms with Crippen LogP contribution in [0.15, 0.2) is 22.9 Å². The van der Waals surface area contributed by atoms with E-state index in [1.165, 1.54) is 13.1 Å². The molecule has 0 saturated heterocycles.